The van der Waals surface area contributed by atoms with Crippen LogP contribution in [0.5, 0.6) is 0 Å². The summed E-state index contributed by atoms with van der Waals surface area (Å²) in [6.07, 6.45) is 2.16. The minimum absolute atomic E-state index is 0.0298. The van der Waals surface area contributed by atoms with Crippen molar-refractivity contribution in [2.24, 2.45) is 5.92 Å². The van der Waals surface area contributed by atoms with Crippen LogP contribution in [0.1, 0.15) is 12.1 Å². The van der Waals surface area contributed by atoms with Crippen molar-refractivity contribution in [1.29, 1.82) is 0 Å². The van der Waals surface area contributed by atoms with Crippen molar-refractivity contribution in [1.82, 2.24) is 9.55 Å². The summed E-state index contributed by atoms with van der Waals surface area (Å²) in [5.41, 5.74) is 0.410. The molecule has 0 aliphatic carbocycles. The summed E-state index contributed by atoms with van der Waals surface area (Å²) in [7, 11) is 0. The molecular weight excluding hydrogens is 288 g/mol. The number of halogens is 1. The van der Waals surface area contributed by atoms with Gasteiger partial charge in [-0.05, 0) is 29.3 Å². The number of carbonyl (C=O) groups excluding carboxylic acids is 1. The summed E-state index contributed by atoms with van der Waals surface area (Å²) >= 11 is 3.17. The van der Waals surface area contributed by atoms with Gasteiger partial charge in [0.25, 0.3) is 5.56 Å². The van der Waals surface area contributed by atoms with Crippen LogP contribution in [0.3, 0.4) is 0 Å². The number of aromatic nitrogens is 2. The van der Waals surface area contributed by atoms with E-state index in [0.717, 1.165) is 6.42 Å². The fraction of sp³-hybridized carbons (Fsp3) is 0.545. The number of hydrogen-bond acceptors (Lipinski definition) is 4. The van der Waals surface area contributed by atoms with E-state index in [1.807, 2.05) is 0 Å². The quantitative estimate of drug-likeness (QED) is 0.833. The lowest BCUT2D eigenvalue weighted by Crippen LogP contribution is -2.29. The number of carbonyl (C=O) groups is 1. The lowest BCUT2D eigenvalue weighted by atomic mass is 10.0. The second kappa shape index (κ2) is 5.10. The van der Waals surface area contributed by atoms with Crippen LogP contribution in [0, 0.1) is 12.8 Å². The molecule has 0 radical (unpaired) electrons. The smallest absolute Gasteiger partial charge is 0.268 e. The summed E-state index contributed by atoms with van der Waals surface area (Å²) in [5.74, 6) is -0.0517. The Kier molecular flexibility index (Phi) is 3.73. The van der Waals surface area contributed by atoms with Crippen molar-refractivity contribution in [3.8, 4) is 0 Å². The first-order valence-corrected chi connectivity index (χ1v) is 6.21. The molecule has 5 nitrogen and oxygen atoms in total. The number of Topliss-reactive ketones (excluding diaryl/α,β-unsaturated/α-hetero) is 1. The van der Waals surface area contributed by atoms with Gasteiger partial charge in [0.15, 0.2) is 5.78 Å². The van der Waals surface area contributed by atoms with E-state index in [4.69, 9.17) is 4.74 Å². The Balaban J connectivity index is 2.16. The molecule has 1 fully saturated rings. The van der Waals surface area contributed by atoms with E-state index in [2.05, 4.69) is 20.9 Å². The van der Waals surface area contributed by atoms with Crippen LogP contribution < -0.4 is 5.56 Å². The van der Waals surface area contributed by atoms with Crippen molar-refractivity contribution < 1.29 is 9.53 Å². The zero-order chi connectivity index (χ0) is 12.4. The molecule has 17 heavy (non-hydrogen) atoms. The Morgan fingerprint density at radius 3 is 3.12 bits per heavy atom. The normalized spacial score (nSPS) is 19.5. The summed E-state index contributed by atoms with van der Waals surface area (Å²) in [6, 6.07) is 0. The number of ketones is 1. The number of rotatable bonds is 3. The van der Waals surface area contributed by atoms with E-state index >= 15 is 0 Å². The molecule has 0 N–H and O–H groups in total. The van der Waals surface area contributed by atoms with Crippen LogP contribution in [0.15, 0.2) is 15.6 Å². The highest BCUT2D eigenvalue weighted by atomic mass is 79.9. The fourth-order valence-corrected chi connectivity index (χ4v) is 2.07. The molecular formula is C11H13BrN2O3. The second-order valence-electron chi connectivity index (χ2n) is 4.10. The van der Waals surface area contributed by atoms with Gasteiger partial charge in [-0.2, -0.15) is 0 Å². The van der Waals surface area contributed by atoms with Crippen molar-refractivity contribution in [3.63, 3.8) is 0 Å². The largest absolute Gasteiger partial charge is 0.381 e. The molecule has 1 saturated heterocycles. The van der Waals surface area contributed by atoms with E-state index in [9.17, 15) is 9.59 Å². The van der Waals surface area contributed by atoms with Gasteiger partial charge in [0, 0.05) is 12.5 Å². The van der Waals surface area contributed by atoms with Gasteiger partial charge in [-0.3, -0.25) is 14.2 Å². The van der Waals surface area contributed by atoms with Gasteiger partial charge in [0.1, 0.15) is 4.47 Å². The first kappa shape index (κ1) is 12.4. The molecule has 6 heteroatoms. The molecule has 0 saturated carbocycles. The monoisotopic (exact) mass is 300 g/mol. The summed E-state index contributed by atoms with van der Waals surface area (Å²) in [5, 5.41) is 0. The fourth-order valence-electron chi connectivity index (χ4n) is 1.74. The molecule has 2 heterocycles. The van der Waals surface area contributed by atoms with Crippen LogP contribution in [0.4, 0.5) is 0 Å². The molecule has 1 atom stereocenters. The van der Waals surface area contributed by atoms with Crippen molar-refractivity contribution in [2.75, 3.05) is 13.2 Å². The van der Waals surface area contributed by atoms with Gasteiger partial charge in [-0.1, -0.05) is 0 Å². The Morgan fingerprint density at radius 2 is 2.47 bits per heavy atom. The van der Waals surface area contributed by atoms with E-state index in [0.29, 0.717) is 23.4 Å². The van der Waals surface area contributed by atoms with Gasteiger partial charge in [-0.15, -0.1) is 0 Å². The highest BCUT2D eigenvalue weighted by molar-refractivity contribution is 9.10. The molecule has 2 rings (SSSR count). The second-order valence-corrected chi connectivity index (χ2v) is 4.90. The lowest BCUT2D eigenvalue weighted by Gasteiger charge is -2.09. The molecule has 0 bridgehead atoms. The van der Waals surface area contributed by atoms with Crippen LogP contribution in [0.25, 0.3) is 0 Å². The van der Waals surface area contributed by atoms with Crippen LogP contribution >= 0.6 is 15.9 Å². The number of ether oxygens (including phenoxy) is 1. The number of hydrogen-bond donors (Lipinski definition) is 0. The van der Waals surface area contributed by atoms with Gasteiger partial charge >= 0.3 is 0 Å². The van der Waals surface area contributed by atoms with Crippen molar-refractivity contribution in [2.45, 2.75) is 19.9 Å². The third-order valence-corrected chi connectivity index (χ3v) is 3.78. The highest BCUT2D eigenvalue weighted by Gasteiger charge is 2.24. The van der Waals surface area contributed by atoms with E-state index in [1.54, 1.807) is 6.92 Å². The van der Waals surface area contributed by atoms with Crippen LogP contribution in [0.2, 0.25) is 0 Å². The van der Waals surface area contributed by atoms with Crippen molar-refractivity contribution >= 4 is 21.7 Å². The van der Waals surface area contributed by atoms with E-state index < -0.39 is 0 Å². The lowest BCUT2D eigenvalue weighted by molar-refractivity contribution is -0.123. The summed E-state index contributed by atoms with van der Waals surface area (Å²) in [4.78, 5) is 27.8. The topological polar surface area (TPSA) is 61.2 Å². The molecule has 1 unspecified atom stereocenters. The molecule has 92 valence electrons. The molecule has 0 aromatic carbocycles. The van der Waals surface area contributed by atoms with Gasteiger partial charge in [0.2, 0.25) is 0 Å². The van der Waals surface area contributed by atoms with E-state index in [-0.39, 0.29) is 23.8 Å². The standard InChI is InChI=1S/C11H13BrN2O3/c1-7-10(12)11(16)14(6-13-7)4-9(15)8-2-3-17-5-8/h6,8H,2-5H2,1H3. The predicted molar refractivity (Wildman–Crippen MR) is 64.9 cm³/mol. The summed E-state index contributed by atoms with van der Waals surface area (Å²) in [6.45, 7) is 2.90. The number of aryl methyl sites for hydroxylation is 1. The average Bonchev–Trinajstić information content (AvgIpc) is 2.83. The molecule has 0 spiro atoms. The highest BCUT2D eigenvalue weighted by Crippen LogP contribution is 2.14. The molecule has 1 aromatic rings. The first-order valence-electron chi connectivity index (χ1n) is 5.41. The third-order valence-electron chi connectivity index (χ3n) is 2.87. The zero-order valence-corrected chi connectivity index (χ0v) is 11.1. The zero-order valence-electron chi connectivity index (χ0n) is 9.48. The molecule has 0 amide bonds. The minimum atomic E-state index is -0.218. The Hall–Kier alpha value is -1.01. The maximum absolute atomic E-state index is 11.9. The predicted octanol–water partition coefficient (Wildman–Crippen LogP) is 0.920. The number of nitrogens with zero attached hydrogens (tertiary/aromatic N) is 2. The van der Waals surface area contributed by atoms with E-state index in [1.165, 1.54) is 10.9 Å². The molecule has 1 aliphatic rings. The maximum Gasteiger partial charge on any atom is 0.268 e. The van der Waals surface area contributed by atoms with Crippen LogP contribution in [-0.4, -0.2) is 28.5 Å². The van der Waals surface area contributed by atoms with Crippen LogP contribution in [-0.2, 0) is 16.1 Å². The third kappa shape index (κ3) is 2.63. The van der Waals surface area contributed by atoms with Crippen molar-refractivity contribution in [3.05, 3.63) is 26.8 Å². The average molecular weight is 301 g/mol. The molecule has 1 aromatic heterocycles. The van der Waals surface area contributed by atoms with Gasteiger partial charge in [-0.25, -0.2) is 4.98 Å². The Morgan fingerprint density at radius 1 is 1.71 bits per heavy atom. The Labute approximate surface area is 107 Å². The van der Waals surface area contributed by atoms with Gasteiger partial charge < -0.3 is 4.74 Å². The summed E-state index contributed by atoms with van der Waals surface area (Å²) < 4.78 is 6.90. The van der Waals surface area contributed by atoms with Gasteiger partial charge in [0.05, 0.1) is 25.2 Å². The maximum atomic E-state index is 11.9. The minimum Gasteiger partial charge on any atom is -0.381 e. The first-order chi connectivity index (χ1) is 8.09. The Bertz CT molecular complexity index is 492. The SMILES string of the molecule is Cc1ncn(CC(=O)C2CCOC2)c(=O)c1Br. The molecule has 1 aliphatic heterocycles.